The molecule has 4 heterocycles. The fourth-order valence-corrected chi connectivity index (χ4v) is 6.26. The van der Waals surface area contributed by atoms with Crippen molar-refractivity contribution in [2.24, 2.45) is 5.92 Å². The fraction of sp³-hybridized carbons (Fsp3) is 0.257. The van der Waals surface area contributed by atoms with Crippen LogP contribution in [0.3, 0.4) is 0 Å². The topological polar surface area (TPSA) is 97.5 Å². The van der Waals surface area contributed by atoms with Gasteiger partial charge in [0.25, 0.3) is 0 Å². The molecule has 2 saturated heterocycles. The van der Waals surface area contributed by atoms with Crippen LogP contribution in [-0.4, -0.2) is 82.4 Å². The van der Waals surface area contributed by atoms with Gasteiger partial charge in [0.15, 0.2) is 5.82 Å². The predicted octanol–water partition coefficient (Wildman–Crippen LogP) is 4.90. The Morgan fingerprint density at radius 1 is 0.841 bits per heavy atom. The van der Waals surface area contributed by atoms with E-state index in [4.69, 9.17) is 0 Å². The number of benzene rings is 3. The predicted molar refractivity (Wildman–Crippen MR) is 173 cm³/mol. The van der Waals surface area contributed by atoms with Crippen molar-refractivity contribution in [3.8, 4) is 22.5 Å². The zero-order valence-electron chi connectivity index (χ0n) is 24.5. The normalized spacial score (nSPS) is 17.2. The quantitative estimate of drug-likeness (QED) is 0.282. The van der Waals surface area contributed by atoms with Gasteiger partial charge < -0.3 is 20.1 Å². The van der Waals surface area contributed by atoms with Gasteiger partial charge in [-0.05, 0) is 67.1 Å². The van der Waals surface area contributed by atoms with Crippen LogP contribution in [0.25, 0.3) is 33.4 Å². The van der Waals surface area contributed by atoms with Crippen molar-refractivity contribution in [3.63, 3.8) is 0 Å². The highest BCUT2D eigenvalue weighted by atomic mass is 16.2. The third-order valence-corrected chi connectivity index (χ3v) is 8.72. The van der Waals surface area contributed by atoms with E-state index in [-0.39, 0.29) is 17.7 Å². The number of anilines is 2. The molecule has 0 saturated carbocycles. The minimum atomic E-state index is -0.139. The molecule has 9 heteroatoms. The maximum atomic E-state index is 13.2. The number of likely N-dealkylation sites (tertiary alicyclic amines) is 1. The monoisotopic (exact) mass is 585 g/mol. The average Bonchev–Trinajstić information content (AvgIpc) is 3.73. The number of nitrogens with one attached hydrogen (secondary N) is 2. The second-order valence-corrected chi connectivity index (χ2v) is 11.5. The van der Waals surface area contributed by atoms with E-state index in [0.29, 0.717) is 32.0 Å². The summed E-state index contributed by atoms with van der Waals surface area (Å²) in [6.45, 7) is 4.64. The standard InChI is InChI=1S/C35H35N7O2/c43-33(42-19-17-41(18-20-42)29-10-7-26(8-11-29)34-36-14-4-15-37-34)24-40-16-13-27(23-40)35(44)39-28-9-12-32-30(21-28)31(22-38-32)25-5-2-1-3-6-25/h1-12,14-15,21-22,27,38H,13,16-20,23-24H2,(H,39,44). The number of H-pyrrole nitrogens is 1. The number of hydrogen-bond acceptors (Lipinski definition) is 6. The Balaban J connectivity index is 0.897. The lowest BCUT2D eigenvalue weighted by atomic mass is 10.0. The van der Waals surface area contributed by atoms with Crippen LogP contribution in [-0.2, 0) is 9.59 Å². The van der Waals surface area contributed by atoms with E-state index in [1.54, 1.807) is 12.4 Å². The minimum absolute atomic E-state index is 0.00885. The molecular formula is C35H35N7O2. The van der Waals surface area contributed by atoms with Gasteiger partial charge in [-0.3, -0.25) is 14.5 Å². The molecule has 2 aromatic heterocycles. The summed E-state index contributed by atoms with van der Waals surface area (Å²) in [7, 11) is 0. The van der Waals surface area contributed by atoms with Crippen LogP contribution in [0.2, 0.25) is 0 Å². The summed E-state index contributed by atoms with van der Waals surface area (Å²) in [5, 5.41) is 4.20. The van der Waals surface area contributed by atoms with Crippen molar-refractivity contribution >= 4 is 34.1 Å². The van der Waals surface area contributed by atoms with E-state index in [2.05, 4.69) is 54.3 Å². The highest BCUT2D eigenvalue weighted by Gasteiger charge is 2.31. The first-order valence-electron chi connectivity index (χ1n) is 15.2. The lowest BCUT2D eigenvalue weighted by molar-refractivity contribution is -0.132. The summed E-state index contributed by atoms with van der Waals surface area (Å²) in [6, 6.07) is 26.3. The van der Waals surface area contributed by atoms with Crippen LogP contribution in [0.15, 0.2) is 97.5 Å². The number of piperazine rings is 1. The highest BCUT2D eigenvalue weighted by molar-refractivity contribution is 6.00. The molecule has 0 spiro atoms. The Labute approximate surface area is 256 Å². The molecule has 0 aliphatic carbocycles. The second kappa shape index (κ2) is 12.3. The molecule has 1 unspecified atom stereocenters. The first kappa shape index (κ1) is 27.8. The molecule has 2 N–H and O–H groups in total. The molecule has 2 fully saturated rings. The van der Waals surface area contributed by atoms with Gasteiger partial charge in [-0.15, -0.1) is 0 Å². The molecule has 3 aromatic carbocycles. The zero-order chi connectivity index (χ0) is 29.9. The van der Waals surface area contributed by atoms with Gasteiger partial charge in [0, 0.05) is 84.7 Å². The van der Waals surface area contributed by atoms with Gasteiger partial charge in [0.05, 0.1) is 12.5 Å². The van der Waals surface area contributed by atoms with Crippen LogP contribution in [0.4, 0.5) is 11.4 Å². The number of rotatable bonds is 7. The molecule has 9 nitrogen and oxygen atoms in total. The van der Waals surface area contributed by atoms with Gasteiger partial charge in [-0.1, -0.05) is 30.3 Å². The van der Waals surface area contributed by atoms with Crippen molar-refractivity contribution in [2.45, 2.75) is 6.42 Å². The van der Waals surface area contributed by atoms with Crippen LogP contribution in [0.1, 0.15) is 6.42 Å². The number of fused-ring (bicyclic) bond motifs is 1. The Morgan fingerprint density at radius 3 is 2.39 bits per heavy atom. The highest BCUT2D eigenvalue weighted by Crippen LogP contribution is 2.31. The van der Waals surface area contributed by atoms with E-state index >= 15 is 0 Å². The number of aromatic nitrogens is 3. The maximum Gasteiger partial charge on any atom is 0.236 e. The van der Waals surface area contributed by atoms with E-state index in [1.165, 1.54) is 0 Å². The van der Waals surface area contributed by atoms with E-state index < -0.39 is 0 Å². The number of aromatic amines is 1. The van der Waals surface area contributed by atoms with Crippen molar-refractivity contribution in [1.82, 2.24) is 24.8 Å². The first-order chi connectivity index (χ1) is 21.6. The molecular weight excluding hydrogens is 550 g/mol. The number of carbonyl (C=O) groups is 2. The zero-order valence-corrected chi connectivity index (χ0v) is 24.5. The van der Waals surface area contributed by atoms with Crippen molar-refractivity contribution in [2.75, 3.05) is 56.0 Å². The summed E-state index contributed by atoms with van der Waals surface area (Å²) in [6.07, 6.45) is 6.25. The van der Waals surface area contributed by atoms with Crippen LogP contribution < -0.4 is 10.2 Å². The first-order valence-corrected chi connectivity index (χ1v) is 15.2. The molecule has 0 radical (unpaired) electrons. The number of amides is 2. The van der Waals surface area contributed by atoms with Gasteiger partial charge in [0.2, 0.25) is 11.8 Å². The number of hydrogen-bond donors (Lipinski definition) is 2. The summed E-state index contributed by atoms with van der Waals surface area (Å²) in [5.41, 5.74) is 6.18. The van der Waals surface area contributed by atoms with Crippen molar-refractivity contribution < 1.29 is 9.59 Å². The summed E-state index contributed by atoms with van der Waals surface area (Å²) < 4.78 is 0. The Bertz CT molecular complexity index is 1750. The van der Waals surface area contributed by atoms with Gasteiger partial charge in [0.1, 0.15) is 0 Å². The lowest BCUT2D eigenvalue weighted by Crippen LogP contribution is -2.51. The summed E-state index contributed by atoms with van der Waals surface area (Å²) in [5.74, 6) is 0.717. The van der Waals surface area contributed by atoms with E-state index in [0.717, 1.165) is 65.0 Å². The smallest absolute Gasteiger partial charge is 0.236 e. The molecule has 0 bridgehead atoms. The van der Waals surface area contributed by atoms with Gasteiger partial charge in [-0.2, -0.15) is 0 Å². The van der Waals surface area contributed by atoms with Crippen LogP contribution in [0.5, 0.6) is 0 Å². The molecule has 222 valence electrons. The van der Waals surface area contributed by atoms with Gasteiger partial charge in [-0.25, -0.2) is 9.97 Å². The van der Waals surface area contributed by atoms with E-state index in [1.807, 2.05) is 65.7 Å². The van der Waals surface area contributed by atoms with Crippen molar-refractivity contribution in [3.05, 3.63) is 97.5 Å². The molecule has 44 heavy (non-hydrogen) atoms. The van der Waals surface area contributed by atoms with E-state index in [9.17, 15) is 9.59 Å². The minimum Gasteiger partial charge on any atom is -0.368 e. The Morgan fingerprint density at radius 2 is 1.61 bits per heavy atom. The molecule has 2 aliphatic heterocycles. The molecule has 1 atom stereocenters. The Kier molecular flexibility index (Phi) is 7.77. The Hall–Kier alpha value is -5.02. The second-order valence-electron chi connectivity index (χ2n) is 11.5. The maximum absolute atomic E-state index is 13.2. The number of nitrogens with zero attached hydrogens (tertiary/aromatic N) is 5. The van der Waals surface area contributed by atoms with Gasteiger partial charge >= 0.3 is 0 Å². The van der Waals surface area contributed by atoms with Crippen molar-refractivity contribution in [1.29, 1.82) is 0 Å². The third-order valence-electron chi connectivity index (χ3n) is 8.72. The number of carbonyl (C=O) groups excluding carboxylic acids is 2. The molecule has 2 aliphatic rings. The summed E-state index contributed by atoms with van der Waals surface area (Å²) in [4.78, 5) is 44.7. The third kappa shape index (κ3) is 5.91. The average molecular weight is 586 g/mol. The molecule has 7 rings (SSSR count). The lowest BCUT2D eigenvalue weighted by Gasteiger charge is -2.36. The largest absolute Gasteiger partial charge is 0.368 e. The van der Waals surface area contributed by atoms with Crippen LogP contribution >= 0.6 is 0 Å². The molecule has 5 aromatic rings. The van der Waals surface area contributed by atoms with Crippen LogP contribution in [0, 0.1) is 5.92 Å². The summed E-state index contributed by atoms with van der Waals surface area (Å²) >= 11 is 0. The fourth-order valence-electron chi connectivity index (χ4n) is 6.26. The molecule has 2 amide bonds. The SMILES string of the molecule is O=C(Nc1ccc2[nH]cc(-c3ccccc3)c2c1)C1CCN(CC(=O)N2CCN(c3ccc(-c4ncccn4)cc3)CC2)C1.